The van der Waals surface area contributed by atoms with Crippen LogP contribution in [0, 0.1) is 5.92 Å². The van der Waals surface area contributed by atoms with Crippen LogP contribution >= 0.6 is 0 Å². The van der Waals surface area contributed by atoms with Gasteiger partial charge in [-0.1, -0.05) is 6.92 Å². The first-order valence-electron chi connectivity index (χ1n) is 8.52. The number of ether oxygens (including phenoxy) is 4. The largest absolute Gasteiger partial charge is 0.394 e. The van der Waals surface area contributed by atoms with Crippen LogP contribution in [0.2, 0.25) is 0 Å². The second-order valence-electron chi connectivity index (χ2n) is 6.50. The lowest BCUT2D eigenvalue weighted by Gasteiger charge is -2.47. The highest BCUT2D eigenvalue weighted by Crippen LogP contribution is 2.30. The maximum absolute atomic E-state index is 10.5. The number of hydrogen-bond donors (Lipinski definition) is 6. The summed E-state index contributed by atoms with van der Waals surface area (Å²) in [7, 11) is 0. The molecule has 8 N–H and O–H groups in total. The molecule has 0 radical (unpaired) electrons. The summed E-state index contributed by atoms with van der Waals surface area (Å²) in [5, 5.41) is 39.6. The van der Waals surface area contributed by atoms with E-state index in [1.165, 1.54) is 0 Å². The zero-order valence-corrected chi connectivity index (χ0v) is 14.5. The van der Waals surface area contributed by atoms with Crippen molar-refractivity contribution in [2.75, 3.05) is 19.8 Å². The lowest BCUT2D eigenvalue weighted by molar-refractivity contribution is -0.323. The minimum absolute atomic E-state index is 0.316. The van der Waals surface area contributed by atoms with Crippen molar-refractivity contribution >= 4 is 0 Å². The van der Waals surface area contributed by atoms with Gasteiger partial charge in [-0.3, -0.25) is 0 Å². The predicted octanol–water partition coefficient (Wildman–Crippen LogP) is -3.14. The van der Waals surface area contributed by atoms with Crippen LogP contribution < -0.4 is 11.5 Å². The van der Waals surface area contributed by atoms with Gasteiger partial charge in [-0.05, 0) is 6.92 Å². The molecule has 0 aromatic carbocycles. The Kier molecular flexibility index (Phi) is 7.52. The smallest absolute Gasteiger partial charge is 0.176 e. The summed E-state index contributed by atoms with van der Waals surface area (Å²) in [6.45, 7) is 3.03. The maximum atomic E-state index is 10.5. The number of hydrogen-bond acceptors (Lipinski definition) is 10. The molecule has 0 bridgehead atoms. The number of rotatable bonds is 6. The Labute approximate surface area is 146 Å². The Morgan fingerprint density at radius 1 is 0.920 bits per heavy atom. The molecule has 10 heteroatoms. The molecule has 0 saturated carbocycles. The van der Waals surface area contributed by atoms with E-state index in [0.29, 0.717) is 6.61 Å². The molecule has 25 heavy (non-hydrogen) atoms. The third-order valence-corrected chi connectivity index (χ3v) is 4.85. The molecule has 10 nitrogen and oxygen atoms in total. The third kappa shape index (κ3) is 4.30. The molecule has 0 aromatic heterocycles. The summed E-state index contributed by atoms with van der Waals surface area (Å²) in [5.74, 6) is -0.384. The van der Waals surface area contributed by atoms with Crippen LogP contribution in [-0.4, -0.2) is 95.4 Å². The molecule has 0 aromatic rings. The van der Waals surface area contributed by atoms with Gasteiger partial charge in [-0.2, -0.15) is 0 Å². The average Bonchev–Trinajstić information content (AvgIpc) is 2.61. The van der Waals surface area contributed by atoms with E-state index in [1.54, 1.807) is 13.8 Å². The minimum Gasteiger partial charge on any atom is -0.394 e. The van der Waals surface area contributed by atoms with Gasteiger partial charge in [0.25, 0.3) is 0 Å². The normalized spacial score (nSPS) is 48.5. The third-order valence-electron chi connectivity index (χ3n) is 4.85. The average molecular weight is 366 g/mol. The molecule has 2 fully saturated rings. The van der Waals surface area contributed by atoms with Crippen LogP contribution in [0.25, 0.3) is 0 Å². The number of aliphatic hydroxyl groups excluding tert-OH is 4. The predicted molar refractivity (Wildman–Crippen MR) is 85.1 cm³/mol. The highest BCUT2D eigenvalue weighted by atomic mass is 16.7. The van der Waals surface area contributed by atoms with E-state index in [9.17, 15) is 20.4 Å². The first-order chi connectivity index (χ1) is 11.8. The summed E-state index contributed by atoms with van der Waals surface area (Å²) < 4.78 is 22.2. The van der Waals surface area contributed by atoms with Crippen LogP contribution in [0.1, 0.15) is 13.8 Å². The van der Waals surface area contributed by atoms with Crippen LogP contribution in [0.4, 0.5) is 0 Å². The Bertz CT molecular complexity index is 413. The lowest BCUT2D eigenvalue weighted by atomic mass is 9.89. The quantitative estimate of drug-likeness (QED) is 0.282. The molecule has 2 aliphatic heterocycles. The number of aliphatic hydroxyl groups is 4. The Morgan fingerprint density at radius 2 is 1.48 bits per heavy atom. The highest BCUT2D eigenvalue weighted by molar-refractivity contribution is 4.95. The summed E-state index contributed by atoms with van der Waals surface area (Å²) in [6, 6.07) is -1.80. The molecule has 0 amide bonds. The van der Waals surface area contributed by atoms with E-state index in [0.717, 1.165) is 0 Å². The van der Waals surface area contributed by atoms with E-state index < -0.39 is 61.8 Å². The van der Waals surface area contributed by atoms with E-state index in [2.05, 4.69) is 0 Å². The van der Waals surface area contributed by atoms with Crippen molar-refractivity contribution in [2.24, 2.45) is 17.4 Å². The Balaban J connectivity index is 2.11. The van der Waals surface area contributed by atoms with Crippen molar-refractivity contribution in [1.82, 2.24) is 0 Å². The molecular formula is C15H30N2O8. The Hall–Kier alpha value is -0.400. The van der Waals surface area contributed by atoms with Crippen molar-refractivity contribution in [3.05, 3.63) is 0 Å². The van der Waals surface area contributed by atoms with Crippen molar-refractivity contribution < 1.29 is 39.4 Å². The topological polar surface area (TPSA) is 170 Å². The van der Waals surface area contributed by atoms with Gasteiger partial charge in [-0.25, -0.2) is 0 Å². The van der Waals surface area contributed by atoms with E-state index >= 15 is 0 Å². The maximum Gasteiger partial charge on any atom is 0.176 e. The summed E-state index contributed by atoms with van der Waals surface area (Å²) in [4.78, 5) is 0. The van der Waals surface area contributed by atoms with Gasteiger partial charge in [0.1, 0.15) is 18.3 Å². The fourth-order valence-electron chi connectivity index (χ4n) is 3.18. The zero-order valence-electron chi connectivity index (χ0n) is 14.5. The van der Waals surface area contributed by atoms with Gasteiger partial charge in [0.05, 0.1) is 37.5 Å². The van der Waals surface area contributed by atoms with Crippen molar-refractivity contribution in [2.45, 2.75) is 69.0 Å². The molecule has 7 unspecified atom stereocenters. The first kappa shape index (κ1) is 20.9. The van der Waals surface area contributed by atoms with Crippen LogP contribution in [0.5, 0.6) is 0 Å². The van der Waals surface area contributed by atoms with Gasteiger partial charge < -0.3 is 50.8 Å². The molecule has 2 rings (SSSR count). The summed E-state index contributed by atoms with van der Waals surface area (Å²) >= 11 is 0. The molecule has 0 aliphatic carbocycles. The number of nitrogens with two attached hydrogens (primary N) is 2. The standard InChI is InChI=1S/C15H30N2O8/c1-3-22-14-10(17)12(21)13(8(5-19)24-14)25-15-9(16)11(20)6(2)7(4-18)23-15/h6-15,18-21H,3-5,16-17H2,1-2H3/t6-,7?,8?,9?,10?,11?,12?,13+,14?,15-/m0/s1. The fraction of sp³-hybridized carbons (Fsp3) is 1.00. The SMILES string of the molecule is CCOC1OC(CO)[C@@H](O[C@@H]2OC(CO)[C@H](C)C(O)C2N)C(O)C1N. The van der Waals surface area contributed by atoms with Crippen molar-refractivity contribution in [1.29, 1.82) is 0 Å². The summed E-state index contributed by atoms with van der Waals surface area (Å²) in [5.41, 5.74) is 11.9. The van der Waals surface area contributed by atoms with Crippen LogP contribution in [0.3, 0.4) is 0 Å². The van der Waals surface area contributed by atoms with E-state index in [4.69, 9.17) is 30.4 Å². The van der Waals surface area contributed by atoms with Crippen LogP contribution in [-0.2, 0) is 18.9 Å². The van der Waals surface area contributed by atoms with Crippen LogP contribution in [0.15, 0.2) is 0 Å². The first-order valence-corrected chi connectivity index (χ1v) is 8.52. The van der Waals surface area contributed by atoms with Gasteiger partial charge in [0.15, 0.2) is 12.6 Å². The van der Waals surface area contributed by atoms with E-state index in [-0.39, 0.29) is 12.5 Å². The molecule has 2 saturated heterocycles. The van der Waals surface area contributed by atoms with Gasteiger partial charge in [0, 0.05) is 12.5 Å². The minimum atomic E-state index is -1.21. The summed E-state index contributed by atoms with van der Waals surface area (Å²) in [6.07, 6.45) is -6.76. The highest BCUT2D eigenvalue weighted by Gasteiger charge is 2.49. The van der Waals surface area contributed by atoms with E-state index in [1.807, 2.05) is 0 Å². The molecule has 0 spiro atoms. The second-order valence-corrected chi connectivity index (χ2v) is 6.50. The molecule has 10 atom stereocenters. The van der Waals surface area contributed by atoms with Gasteiger partial charge >= 0.3 is 0 Å². The molecule has 2 aliphatic rings. The lowest BCUT2D eigenvalue weighted by Crippen LogP contribution is -2.66. The Morgan fingerprint density at radius 3 is 2.04 bits per heavy atom. The molecule has 2 heterocycles. The van der Waals surface area contributed by atoms with Gasteiger partial charge in [-0.15, -0.1) is 0 Å². The molecular weight excluding hydrogens is 336 g/mol. The fourth-order valence-corrected chi connectivity index (χ4v) is 3.18. The zero-order chi connectivity index (χ0) is 18.7. The van der Waals surface area contributed by atoms with Crippen molar-refractivity contribution in [3.8, 4) is 0 Å². The molecule has 148 valence electrons. The monoisotopic (exact) mass is 366 g/mol. The van der Waals surface area contributed by atoms with Gasteiger partial charge in [0.2, 0.25) is 0 Å². The van der Waals surface area contributed by atoms with Crippen molar-refractivity contribution in [3.63, 3.8) is 0 Å². The second kappa shape index (κ2) is 9.00.